The first-order valence-electron chi connectivity index (χ1n) is 11.1. The van der Waals surface area contributed by atoms with Crippen LogP contribution in [0.3, 0.4) is 0 Å². The summed E-state index contributed by atoms with van der Waals surface area (Å²) in [5, 5.41) is 6.14. The number of amides is 4. The number of likely N-dealkylation sites (tertiary alicyclic amines) is 1. The van der Waals surface area contributed by atoms with E-state index in [0.29, 0.717) is 55.4 Å². The van der Waals surface area contributed by atoms with Crippen LogP contribution < -0.4 is 10.6 Å². The zero-order chi connectivity index (χ0) is 23.2. The Morgan fingerprint density at radius 3 is 2.36 bits per heavy atom. The third-order valence-corrected chi connectivity index (χ3v) is 6.25. The molecule has 2 N–H and O–H groups in total. The predicted octanol–water partition coefficient (Wildman–Crippen LogP) is 3.05. The Labute approximate surface area is 197 Å². The summed E-state index contributed by atoms with van der Waals surface area (Å²) in [6.07, 6.45) is 1.41. The van der Waals surface area contributed by atoms with Crippen molar-refractivity contribution in [1.82, 2.24) is 15.1 Å². The van der Waals surface area contributed by atoms with Gasteiger partial charge in [-0.3, -0.25) is 9.59 Å². The number of nitrogens with one attached hydrogen (secondary N) is 2. The molecule has 0 aliphatic carbocycles. The van der Waals surface area contributed by atoms with E-state index in [1.165, 1.54) is 0 Å². The molecular formula is C24H27ClN4O4. The van der Waals surface area contributed by atoms with E-state index in [9.17, 15) is 14.4 Å². The number of hydrogen-bond acceptors (Lipinski definition) is 4. The van der Waals surface area contributed by atoms with Crippen LogP contribution in [-0.4, -0.2) is 66.5 Å². The number of carbonyl (C=O) groups is 3. The molecule has 174 valence electrons. The van der Waals surface area contributed by atoms with Crippen LogP contribution in [0.4, 0.5) is 10.5 Å². The van der Waals surface area contributed by atoms with Crippen LogP contribution in [-0.2, 0) is 14.3 Å². The first kappa shape index (κ1) is 23.1. The first-order chi connectivity index (χ1) is 16.0. The van der Waals surface area contributed by atoms with Gasteiger partial charge in [0, 0.05) is 36.4 Å². The van der Waals surface area contributed by atoms with Crippen molar-refractivity contribution in [3.05, 3.63) is 65.2 Å². The summed E-state index contributed by atoms with van der Waals surface area (Å²) < 4.78 is 5.22. The standard InChI is InChI=1S/C24H27ClN4O4/c25-18-6-8-19(9-7-18)26-24(32)27-22(17-4-2-1-3-5-17)23(31)28-12-10-20(11-13-28)29-14-15-33-16-21(29)30/h1-9,20,22H,10-16H2,(H2,26,27,32)/t22-/m1/s1. The maximum atomic E-state index is 13.4. The van der Waals surface area contributed by atoms with E-state index in [2.05, 4.69) is 10.6 Å². The number of piperidine rings is 1. The molecule has 4 amide bonds. The van der Waals surface area contributed by atoms with Gasteiger partial charge in [-0.15, -0.1) is 0 Å². The minimum atomic E-state index is -0.819. The summed E-state index contributed by atoms with van der Waals surface area (Å²) in [5.74, 6) is -0.159. The second-order valence-electron chi connectivity index (χ2n) is 8.15. The van der Waals surface area contributed by atoms with Gasteiger partial charge in [0.25, 0.3) is 0 Å². The Hall–Kier alpha value is -3.10. The Kier molecular flexibility index (Phi) is 7.47. The van der Waals surface area contributed by atoms with Crippen LogP contribution in [0.15, 0.2) is 54.6 Å². The maximum absolute atomic E-state index is 13.4. The topological polar surface area (TPSA) is 91.0 Å². The Morgan fingerprint density at radius 2 is 1.70 bits per heavy atom. The van der Waals surface area contributed by atoms with Gasteiger partial charge in [-0.25, -0.2) is 4.79 Å². The Balaban J connectivity index is 1.41. The number of morpholine rings is 1. The molecule has 0 aromatic heterocycles. The lowest BCUT2D eigenvalue weighted by Gasteiger charge is -2.40. The second-order valence-corrected chi connectivity index (χ2v) is 8.58. The third-order valence-electron chi connectivity index (χ3n) is 6.00. The quantitative estimate of drug-likeness (QED) is 0.702. The summed E-state index contributed by atoms with van der Waals surface area (Å²) in [4.78, 5) is 41.9. The fourth-order valence-electron chi connectivity index (χ4n) is 4.26. The van der Waals surface area contributed by atoms with Gasteiger partial charge in [-0.2, -0.15) is 0 Å². The van der Waals surface area contributed by atoms with E-state index < -0.39 is 12.1 Å². The molecule has 0 radical (unpaired) electrons. The highest BCUT2D eigenvalue weighted by Crippen LogP contribution is 2.23. The molecule has 2 saturated heterocycles. The van der Waals surface area contributed by atoms with Crippen molar-refractivity contribution in [1.29, 1.82) is 0 Å². The number of benzene rings is 2. The molecule has 0 bridgehead atoms. The smallest absolute Gasteiger partial charge is 0.320 e. The number of rotatable bonds is 5. The summed E-state index contributed by atoms with van der Waals surface area (Å²) in [7, 11) is 0. The van der Waals surface area contributed by atoms with E-state index in [4.69, 9.17) is 16.3 Å². The number of ether oxygens (including phenoxy) is 1. The molecule has 9 heteroatoms. The Morgan fingerprint density at radius 1 is 1.00 bits per heavy atom. The maximum Gasteiger partial charge on any atom is 0.320 e. The first-order valence-corrected chi connectivity index (χ1v) is 11.4. The van der Waals surface area contributed by atoms with Gasteiger partial charge in [0.05, 0.1) is 6.61 Å². The zero-order valence-corrected chi connectivity index (χ0v) is 19.0. The number of urea groups is 1. The van der Waals surface area contributed by atoms with Crippen molar-refractivity contribution < 1.29 is 19.1 Å². The molecule has 0 saturated carbocycles. The molecule has 2 heterocycles. The number of hydrogen-bond donors (Lipinski definition) is 2. The summed E-state index contributed by atoms with van der Waals surface area (Å²) in [5.41, 5.74) is 1.28. The normalized spacial score (nSPS) is 18.0. The number of halogens is 1. The Bertz CT molecular complexity index is 978. The number of anilines is 1. The molecule has 2 fully saturated rings. The van der Waals surface area contributed by atoms with Crippen molar-refractivity contribution in [2.75, 3.05) is 38.2 Å². The summed E-state index contributed by atoms with van der Waals surface area (Å²) in [6.45, 7) is 2.32. The monoisotopic (exact) mass is 470 g/mol. The van der Waals surface area contributed by atoms with E-state index in [0.717, 1.165) is 0 Å². The summed E-state index contributed by atoms with van der Waals surface area (Å²) >= 11 is 5.90. The van der Waals surface area contributed by atoms with Gasteiger partial charge in [0.15, 0.2) is 0 Å². The highest BCUT2D eigenvalue weighted by atomic mass is 35.5. The average Bonchev–Trinajstić information content (AvgIpc) is 2.84. The molecule has 2 aliphatic rings. The van der Waals surface area contributed by atoms with E-state index >= 15 is 0 Å². The SMILES string of the molecule is O=C(Nc1ccc(Cl)cc1)N[C@@H](C(=O)N1CCC(N2CCOCC2=O)CC1)c1ccccc1. The van der Waals surface area contributed by atoms with Crippen molar-refractivity contribution >= 4 is 35.1 Å². The molecular weight excluding hydrogens is 444 g/mol. The van der Waals surface area contributed by atoms with Gasteiger partial charge >= 0.3 is 6.03 Å². The van der Waals surface area contributed by atoms with Crippen LogP contribution in [0.2, 0.25) is 5.02 Å². The summed E-state index contributed by atoms with van der Waals surface area (Å²) in [6, 6.07) is 14.8. The minimum Gasteiger partial charge on any atom is -0.370 e. The molecule has 8 nitrogen and oxygen atoms in total. The largest absolute Gasteiger partial charge is 0.370 e. The van der Waals surface area contributed by atoms with Crippen molar-refractivity contribution in [2.24, 2.45) is 0 Å². The van der Waals surface area contributed by atoms with Crippen molar-refractivity contribution in [3.8, 4) is 0 Å². The van der Waals surface area contributed by atoms with Crippen LogP contribution in [0, 0.1) is 0 Å². The fourth-order valence-corrected chi connectivity index (χ4v) is 4.39. The van der Waals surface area contributed by atoms with E-state index in [1.54, 1.807) is 29.2 Å². The highest BCUT2D eigenvalue weighted by Gasteiger charge is 2.34. The average molecular weight is 471 g/mol. The van der Waals surface area contributed by atoms with Gasteiger partial charge in [0.2, 0.25) is 11.8 Å². The fraction of sp³-hybridized carbons (Fsp3) is 0.375. The molecule has 2 aliphatic heterocycles. The minimum absolute atomic E-state index is 0.00808. The number of carbonyl (C=O) groups excluding carboxylic acids is 3. The zero-order valence-electron chi connectivity index (χ0n) is 18.2. The molecule has 33 heavy (non-hydrogen) atoms. The van der Waals surface area contributed by atoms with Gasteiger partial charge in [0.1, 0.15) is 12.6 Å². The van der Waals surface area contributed by atoms with Gasteiger partial charge in [-0.1, -0.05) is 41.9 Å². The third kappa shape index (κ3) is 5.83. The molecule has 2 aromatic carbocycles. The van der Waals surface area contributed by atoms with Crippen LogP contribution in [0.1, 0.15) is 24.4 Å². The molecule has 0 spiro atoms. The second kappa shape index (κ2) is 10.7. The van der Waals surface area contributed by atoms with Crippen molar-refractivity contribution in [2.45, 2.75) is 24.9 Å². The molecule has 2 aromatic rings. The van der Waals surface area contributed by atoms with Crippen LogP contribution >= 0.6 is 11.6 Å². The van der Waals surface area contributed by atoms with E-state index in [1.807, 2.05) is 35.2 Å². The highest BCUT2D eigenvalue weighted by molar-refractivity contribution is 6.30. The lowest BCUT2D eigenvalue weighted by Crippen LogP contribution is -2.54. The van der Waals surface area contributed by atoms with Crippen molar-refractivity contribution in [3.63, 3.8) is 0 Å². The lowest BCUT2D eigenvalue weighted by atomic mass is 10.00. The lowest BCUT2D eigenvalue weighted by molar-refractivity contribution is -0.147. The van der Waals surface area contributed by atoms with Crippen LogP contribution in [0.5, 0.6) is 0 Å². The molecule has 0 unspecified atom stereocenters. The van der Waals surface area contributed by atoms with E-state index in [-0.39, 0.29) is 24.5 Å². The molecule has 1 atom stereocenters. The van der Waals surface area contributed by atoms with Gasteiger partial charge in [-0.05, 0) is 42.7 Å². The molecule has 4 rings (SSSR count). The van der Waals surface area contributed by atoms with Gasteiger partial charge < -0.3 is 25.2 Å². The van der Waals surface area contributed by atoms with Crippen LogP contribution in [0.25, 0.3) is 0 Å². The number of nitrogens with zero attached hydrogens (tertiary/aromatic N) is 2. The predicted molar refractivity (Wildman–Crippen MR) is 125 cm³/mol.